The molecule has 0 aromatic carbocycles. The Kier molecular flexibility index (Phi) is 2.66. The molecule has 0 radical (unpaired) electrons. The minimum absolute atomic E-state index is 0.383. The summed E-state index contributed by atoms with van der Waals surface area (Å²) in [6, 6.07) is 0.637. The fourth-order valence-corrected chi connectivity index (χ4v) is 2.88. The van der Waals surface area contributed by atoms with Gasteiger partial charge in [-0.05, 0) is 44.1 Å². The summed E-state index contributed by atoms with van der Waals surface area (Å²) in [6.45, 7) is 1.55. The molecule has 2 heteroatoms. The van der Waals surface area contributed by atoms with Gasteiger partial charge in [-0.2, -0.15) is 0 Å². The van der Waals surface area contributed by atoms with Crippen LogP contribution in [-0.4, -0.2) is 24.3 Å². The van der Waals surface area contributed by atoms with Gasteiger partial charge in [0.1, 0.15) is 0 Å². The molecule has 1 heterocycles. The van der Waals surface area contributed by atoms with E-state index in [2.05, 4.69) is 5.32 Å². The summed E-state index contributed by atoms with van der Waals surface area (Å²) in [4.78, 5) is 0. The fourth-order valence-electron chi connectivity index (χ4n) is 2.88. The van der Waals surface area contributed by atoms with Crippen molar-refractivity contribution in [1.82, 2.24) is 5.32 Å². The van der Waals surface area contributed by atoms with Crippen molar-refractivity contribution in [2.24, 2.45) is 11.8 Å². The lowest BCUT2D eigenvalue weighted by Gasteiger charge is -2.41. The zero-order valence-corrected chi connectivity index (χ0v) is 7.63. The quantitative estimate of drug-likeness (QED) is 0.617. The minimum atomic E-state index is 0.383. The van der Waals surface area contributed by atoms with Gasteiger partial charge in [0.2, 0.25) is 0 Å². The highest BCUT2D eigenvalue weighted by Gasteiger charge is 2.33. The van der Waals surface area contributed by atoms with Crippen LogP contribution < -0.4 is 5.32 Å². The average Bonchev–Trinajstić information content (AvgIpc) is 2.17. The van der Waals surface area contributed by atoms with Crippen LogP contribution in [-0.2, 0) is 0 Å². The number of nitrogens with one attached hydrogen (secondary N) is 1. The average molecular weight is 169 g/mol. The minimum Gasteiger partial charge on any atom is -0.396 e. The van der Waals surface area contributed by atoms with Crippen LogP contribution in [0.2, 0.25) is 0 Å². The Balaban J connectivity index is 1.99. The normalized spacial score (nSPS) is 42.2. The zero-order valence-electron chi connectivity index (χ0n) is 7.63. The molecule has 1 saturated carbocycles. The first-order valence-electron chi connectivity index (χ1n) is 5.26. The van der Waals surface area contributed by atoms with Crippen LogP contribution in [0.25, 0.3) is 0 Å². The van der Waals surface area contributed by atoms with Crippen LogP contribution in [0, 0.1) is 11.8 Å². The second kappa shape index (κ2) is 3.75. The lowest BCUT2D eigenvalue weighted by molar-refractivity contribution is 0.0940. The maximum Gasteiger partial charge on any atom is 0.0474 e. The molecule has 0 aromatic rings. The molecular formula is C10H19NO. The first-order valence-corrected chi connectivity index (χ1v) is 5.26. The van der Waals surface area contributed by atoms with Gasteiger partial charge in [-0.25, -0.2) is 0 Å². The highest BCUT2D eigenvalue weighted by atomic mass is 16.3. The van der Waals surface area contributed by atoms with Crippen molar-refractivity contribution in [3.05, 3.63) is 0 Å². The number of aliphatic hydroxyl groups excluding tert-OH is 1. The van der Waals surface area contributed by atoms with Crippen LogP contribution in [0.1, 0.15) is 32.1 Å². The molecule has 2 aliphatic rings. The largest absolute Gasteiger partial charge is 0.396 e. The van der Waals surface area contributed by atoms with Crippen molar-refractivity contribution in [3.63, 3.8) is 0 Å². The second-order valence-corrected chi connectivity index (χ2v) is 4.26. The van der Waals surface area contributed by atoms with Crippen molar-refractivity contribution in [3.8, 4) is 0 Å². The predicted molar refractivity (Wildman–Crippen MR) is 48.9 cm³/mol. The molecule has 0 aromatic heterocycles. The monoisotopic (exact) mass is 169 g/mol. The van der Waals surface area contributed by atoms with Crippen molar-refractivity contribution >= 4 is 0 Å². The third-order valence-electron chi connectivity index (χ3n) is 3.53. The van der Waals surface area contributed by atoms with E-state index in [4.69, 9.17) is 0 Å². The summed E-state index contributed by atoms with van der Waals surface area (Å²) >= 11 is 0. The summed E-state index contributed by atoms with van der Waals surface area (Å²) in [7, 11) is 0. The Labute approximate surface area is 74.4 Å². The first kappa shape index (κ1) is 8.52. The number of piperidine rings is 1. The molecule has 12 heavy (non-hydrogen) atoms. The maximum atomic E-state index is 9.19. The van der Waals surface area contributed by atoms with Gasteiger partial charge in [-0.15, -0.1) is 0 Å². The molecule has 3 atom stereocenters. The number of aliphatic hydroxyl groups is 1. The summed E-state index contributed by atoms with van der Waals surface area (Å²) in [5.74, 6) is 1.41. The van der Waals surface area contributed by atoms with E-state index in [1.54, 1.807) is 0 Å². The SMILES string of the molecule is OC[C@@H]1CCC[C@@H]2CCCN[C@@H]21. The van der Waals surface area contributed by atoms with Crippen LogP contribution >= 0.6 is 0 Å². The molecule has 0 unspecified atom stereocenters. The van der Waals surface area contributed by atoms with E-state index >= 15 is 0 Å². The van der Waals surface area contributed by atoms with E-state index in [9.17, 15) is 5.11 Å². The molecular weight excluding hydrogens is 150 g/mol. The highest BCUT2D eigenvalue weighted by molar-refractivity contribution is 4.89. The standard InChI is InChI=1S/C10H19NO/c12-7-9-4-1-3-8-5-2-6-11-10(8)9/h8-12H,1-7H2/t8-,9+,10+/m1/s1. The van der Waals surface area contributed by atoms with Gasteiger partial charge in [-0.3, -0.25) is 0 Å². The van der Waals surface area contributed by atoms with Gasteiger partial charge in [0.15, 0.2) is 0 Å². The third kappa shape index (κ3) is 1.50. The smallest absolute Gasteiger partial charge is 0.0474 e. The van der Waals surface area contributed by atoms with E-state index in [1.807, 2.05) is 0 Å². The van der Waals surface area contributed by atoms with Gasteiger partial charge < -0.3 is 10.4 Å². The number of hydrogen-bond acceptors (Lipinski definition) is 2. The summed E-state index contributed by atoms with van der Waals surface area (Å²) in [5, 5.41) is 12.8. The van der Waals surface area contributed by atoms with E-state index in [0.717, 1.165) is 12.5 Å². The van der Waals surface area contributed by atoms with Crippen molar-refractivity contribution in [2.45, 2.75) is 38.1 Å². The highest BCUT2D eigenvalue weighted by Crippen LogP contribution is 2.33. The summed E-state index contributed by atoms with van der Waals surface area (Å²) < 4.78 is 0. The topological polar surface area (TPSA) is 32.3 Å². The van der Waals surface area contributed by atoms with E-state index < -0.39 is 0 Å². The van der Waals surface area contributed by atoms with E-state index in [1.165, 1.54) is 32.1 Å². The van der Waals surface area contributed by atoms with Crippen LogP contribution in [0.3, 0.4) is 0 Å². The molecule has 1 aliphatic heterocycles. The van der Waals surface area contributed by atoms with Gasteiger partial charge in [0.25, 0.3) is 0 Å². The molecule has 2 N–H and O–H groups in total. The van der Waals surface area contributed by atoms with Crippen LogP contribution in [0.15, 0.2) is 0 Å². The van der Waals surface area contributed by atoms with E-state index in [0.29, 0.717) is 18.6 Å². The number of fused-ring (bicyclic) bond motifs is 1. The molecule has 2 fully saturated rings. The van der Waals surface area contributed by atoms with Crippen molar-refractivity contribution < 1.29 is 5.11 Å². The second-order valence-electron chi connectivity index (χ2n) is 4.26. The number of hydrogen-bond donors (Lipinski definition) is 2. The predicted octanol–water partition coefficient (Wildman–Crippen LogP) is 1.15. The van der Waals surface area contributed by atoms with E-state index in [-0.39, 0.29) is 0 Å². The van der Waals surface area contributed by atoms with Gasteiger partial charge in [0.05, 0.1) is 0 Å². The van der Waals surface area contributed by atoms with Gasteiger partial charge in [-0.1, -0.05) is 6.42 Å². The van der Waals surface area contributed by atoms with Crippen molar-refractivity contribution in [1.29, 1.82) is 0 Å². The maximum absolute atomic E-state index is 9.19. The molecule has 70 valence electrons. The lowest BCUT2D eigenvalue weighted by Crippen LogP contribution is -2.49. The molecule has 0 amide bonds. The van der Waals surface area contributed by atoms with Gasteiger partial charge in [0, 0.05) is 12.6 Å². The first-order chi connectivity index (χ1) is 5.92. The Bertz CT molecular complexity index is 140. The molecule has 0 spiro atoms. The summed E-state index contributed by atoms with van der Waals surface area (Å²) in [5.41, 5.74) is 0. The zero-order chi connectivity index (χ0) is 8.39. The van der Waals surface area contributed by atoms with Crippen LogP contribution in [0.4, 0.5) is 0 Å². The summed E-state index contributed by atoms with van der Waals surface area (Å²) in [6.07, 6.45) is 6.65. The molecule has 1 aliphatic carbocycles. The molecule has 0 bridgehead atoms. The third-order valence-corrected chi connectivity index (χ3v) is 3.53. The molecule has 1 saturated heterocycles. The van der Waals surface area contributed by atoms with Crippen molar-refractivity contribution in [2.75, 3.05) is 13.2 Å². The molecule has 2 nitrogen and oxygen atoms in total. The Hall–Kier alpha value is -0.0800. The Morgan fingerprint density at radius 3 is 2.83 bits per heavy atom. The Morgan fingerprint density at radius 1 is 1.17 bits per heavy atom. The Morgan fingerprint density at radius 2 is 2.00 bits per heavy atom. The fraction of sp³-hybridized carbons (Fsp3) is 1.00. The lowest BCUT2D eigenvalue weighted by atomic mass is 9.73. The molecule has 2 rings (SSSR count). The van der Waals surface area contributed by atoms with Crippen LogP contribution in [0.5, 0.6) is 0 Å². The van der Waals surface area contributed by atoms with Gasteiger partial charge >= 0.3 is 0 Å². The number of rotatable bonds is 1.